The number of benzene rings is 2. The lowest BCUT2D eigenvalue weighted by Gasteiger charge is -2.38. The van der Waals surface area contributed by atoms with E-state index in [4.69, 9.17) is 4.74 Å². The Morgan fingerprint density at radius 1 is 1.17 bits per heavy atom. The Morgan fingerprint density at radius 3 is 2.52 bits per heavy atom. The van der Waals surface area contributed by atoms with Gasteiger partial charge in [0.05, 0.1) is 12.6 Å². The SMILES string of the molecule is O=C(Nc1ccc(C(O)C2COCC(=O)N2CC2CC2)cc1)c1ccc(F)cc1. The number of aliphatic hydroxyl groups excluding tert-OH is 1. The normalized spacial score (nSPS) is 20.4. The Bertz CT molecular complexity index is 881. The first-order valence-electron chi connectivity index (χ1n) is 9.73. The lowest BCUT2D eigenvalue weighted by Crippen LogP contribution is -2.52. The van der Waals surface area contributed by atoms with E-state index < -0.39 is 18.0 Å². The zero-order chi connectivity index (χ0) is 20.4. The van der Waals surface area contributed by atoms with E-state index in [1.165, 1.54) is 24.3 Å². The number of amides is 2. The van der Waals surface area contributed by atoms with Crippen LogP contribution < -0.4 is 5.32 Å². The number of nitrogens with one attached hydrogen (secondary N) is 1. The molecule has 1 heterocycles. The Balaban J connectivity index is 1.42. The minimum Gasteiger partial charge on any atom is -0.386 e. The average molecular weight is 398 g/mol. The van der Waals surface area contributed by atoms with Gasteiger partial charge in [-0.25, -0.2) is 4.39 Å². The van der Waals surface area contributed by atoms with E-state index in [0.717, 1.165) is 12.8 Å². The summed E-state index contributed by atoms with van der Waals surface area (Å²) < 4.78 is 18.4. The molecule has 6 nitrogen and oxygen atoms in total. The van der Waals surface area contributed by atoms with Crippen molar-refractivity contribution in [2.75, 3.05) is 25.1 Å². The molecule has 1 saturated heterocycles. The second-order valence-electron chi connectivity index (χ2n) is 7.60. The molecule has 1 aliphatic heterocycles. The molecule has 0 aromatic heterocycles. The molecule has 2 atom stereocenters. The summed E-state index contributed by atoms with van der Waals surface area (Å²) >= 11 is 0. The molecule has 2 N–H and O–H groups in total. The van der Waals surface area contributed by atoms with Crippen LogP contribution in [0, 0.1) is 11.7 Å². The lowest BCUT2D eigenvalue weighted by molar-refractivity contribution is -0.154. The van der Waals surface area contributed by atoms with Crippen molar-refractivity contribution in [1.82, 2.24) is 4.90 Å². The van der Waals surface area contributed by atoms with Crippen molar-refractivity contribution < 1.29 is 23.8 Å². The van der Waals surface area contributed by atoms with Gasteiger partial charge in [-0.3, -0.25) is 9.59 Å². The first-order chi connectivity index (χ1) is 14.0. The van der Waals surface area contributed by atoms with Gasteiger partial charge in [0, 0.05) is 17.8 Å². The average Bonchev–Trinajstić information content (AvgIpc) is 3.54. The summed E-state index contributed by atoms with van der Waals surface area (Å²) in [5, 5.41) is 13.6. The predicted molar refractivity (Wildman–Crippen MR) is 105 cm³/mol. The molecule has 7 heteroatoms. The highest BCUT2D eigenvalue weighted by molar-refractivity contribution is 6.04. The molecular weight excluding hydrogens is 375 g/mol. The zero-order valence-electron chi connectivity index (χ0n) is 15.9. The van der Waals surface area contributed by atoms with Crippen LogP contribution in [0.2, 0.25) is 0 Å². The topological polar surface area (TPSA) is 78.9 Å². The first kappa shape index (κ1) is 19.5. The smallest absolute Gasteiger partial charge is 0.255 e. The molecule has 1 saturated carbocycles. The quantitative estimate of drug-likeness (QED) is 0.784. The van der Waals surface area contributed by atoms with Gasteiger partial charge >= 0.3 is 0 Å². The fourth-order valence-electron chi connectivity index (χ4n) is 3.49. The largest absolute Gasteiger partial charge is 0.386 e. The molecule has 2 fully saturated rings. The van der Waals surface area contributed by atoms with Crippen LogP contribution in [0.15, 0.2) is 48.5 Å². The van der Waals surface area contributed by atoms with E-state index in [1.54, 1.807) is 29.2 Å². The van der Waals surface area contributed by atoms with E-state index in [0.29, 0.717) is 35.9 Å². The number of halogens is 1. The molecule has 29 heavy (non-hydrogen) atoms. The standard InChI is InChI=1S/C22H23FN2O4/c23-17-7-3-16(4-8-17)22(28)24-18-9-5-15(6-10-18)21(27)19-12-29-13-20(26)25(19)11-14-1-2-14/h3-10,14,19,21,27H,1-2,11-13H2,(H,24,28). The summed E-state index contributed by atoms with van der Waals surface area (Å²) in [5.41, 5.74) is 1.55. The van der Waals surface area contributed by atoms with Crippen molar-refractivity contribution >= 4 is 17.5 Å². The summed E-state index contributed by atoms with van der Waals surface area (Å²) in [4.78, 5) is 26.2. The summed E-state index contributed by atoms with van der Waals surface area (Å²) in [5.74, 6) is -0.313. The zero-order valence-corrected chi connectivity index (χ0v) is 15.9. The molecule has 2 aliphatic rings. The van der Waals surface area contributed by atoms with Gasteiger partial charge in [-0.05, 0) is 60.7 Å². The minimum atomic E-state index is -0.875. The Hall–Kier alpha value is -2.77. The van der Waals surface area contributed by atoms with Gasteiger partial charge in [-0.2, -0.15) is 0 Å². The molecule has 0 spiro atoms. The van der Waals surface area contributed by atoms with Crippen LogP contribution in [0.5, 0.6) is 0 Å². The fourth-order valence-corrected chi connectivity index (χ4v) is 3.49. The first-order valence-corrected chi connectivity index (χ1v) is 9.73. The van der Waals surface area contributed by atoms with Crippen molar-refractivity contribution in [1.29, 1.82) is 0 Å². The number of morpholine rings is 1. The summed E-state index contributed by atoms with van der Waals surface area (Å²) in [7, 11) is 0. The summed E-state index contributed by atoms with van der Waals surface area (Å²) in [6.07, 6.45) is 1.37. The van der Waals surface area contributed by atoms with Gasteiger partial charge in [0.2, 0.25) is 5.91 Å². The van der Waals surface area contributed by atoms with E-state index in [1.807, 2.05) is 0 Å². The Morgan fingerprint density at radius 2 is 1.86 bits per heavy atom. The third kappa shape index (κ3) is 4.63. The molecule has 0 bridgehead atoms. The molecule has 0 radical (unpaired) electrons. The molecule has 2 aromatic rings. The molecule has 152 valence electrons. The van der Waals surface area contributed by atoms with Gasteiger partial charge in [0.1, 0.15) is 18.5 Å². The molecule has 2 unspecified atom stereocenters. The maximum atomic E-state index is 13.0. The van der Waals surface area contributed by atoms with E-state index >= 15 is 0 Å². The van der Waals surface area contributed by atoms with Crippen molar-refractivity contribution in [3.63, 3.8) is 0 Å². The van der Waals surface area contributed by atoms with Crippen molar-refractivity contribution in [2.24, 2.45) is 5.92 Å². The van der Waals surface area contributed by atoms with Crippen LogP contribution in [-0.2, 0) is 9.53 Å². The Kier molecular flexibility index (Phi) is 5.60. The van der Waals surface area contributed by atoms with Crippen LogP contribution >= 0.6 is 0 Å². The number of nitrogens with zero attached hydrogens (tertiary/aromatic N) is 1. The van der Waals surface area contributed by atoms with Gasteiger partial charge in [0.15, 0.2) is 0 Å². The number of rotatable bonds is 6. The van der Waals surface area contributed by atoms with E-state index in [2.05, 4.69) is 5.32 Å². The maximum absolute atomic E-state index is 13.0. The molecule has 4 rings (SSSR count). The van der Waals surface area contributed by atoms with Gasteiger partial charge in [0.25, 0.3) is 5.91 Å². The monoisotopic (exact) mass is 398 g/mol. The van der Waals surface area contributed by atoms with Crippen molar-refractivity contribution in [2.45, 2.75) is 25.0 Å². The van der Waals surface area contributed by atoms with Crippen LogP contribution in [0.25, 0.3) is 0 Å². The van der Waals surface area contributed by atoms with Crippen molar-refractivity contribution in [3.8, 4) is 0 Å². The summed E-state index contributed by atoms with van der Waals surface area (Å²) in [6, 6.07) is 11.7. The number of hydrogen-bond donors (Lipinski definition) is 2. The number of anilines is 1. The van der Waals surface area contributed by atoms with Gasteiger partial charge < -0.3 is 20.1 Å². The number of carbonyl (C=O) groups is 2. The van der Waals surface area contributed by atoms with Crippen LogP contribution in [0.3, 0.4) is 0 Å². The third-order valence-electron chi connectivity index (χ3n) is 5.37. The predicted octanol–water partition coefficient (Wildman–Crippen LogP) is 2.75. The Labute approximate surface area is 168 Å². The van der Waals surface area contributed by atoms with Crippen LogP contribution in [0.4, 0.5) is 10.1 Å². The number of ether oxygens (including phenoxy) is 1. The van der Waals surface area contributed by atoms with Crippen molar-refractivity contribution in [3.05, 3.63) is 65.5 Å². The molecule has 2 amide bonds. The number of carbonyl (C=O) groups excluding carboxylic acids is 2. The van der Waals surface area contributed by atoms with Crippen LogP contribution in [0.1, 0.15) is 34.9 Å². The lowest BCUT2D eigenvalue weighted by atomic mass is 9.99. The van der Waals surface area contributed by atoms with E-state index in [-0.39, 0.29) is 18.4 Å². The van der Waals surface area contributed by atoms with Crippen LogP contribution in [-0.4, -0.2) is 47.6 Å². The summed E-state index contributed by atoms with van der Waals surface area (Å²) in [6.45, 7) is 1.02. The minimum absolute atomic E-state index is 0.0598. The highest BCUT2D eigenvalue weighted by Crippen LogP contribution is 2.33. The number of hydrogen-bond acceptors (Lipinski definition) is 4. The van der Waals surface area contributed by atoms with E-state index in [9.17, 15) is 19.1 Å². The molecule has 1 aliphatic carbocycles. The highest BCUT2D eigenvalue weighted by Gasteiger charge is 2.37. The van der Waals surface area contributed by atoms with Gasteiger partial charge in [-0.15, -0.1) is 0 Å². The van der Waals surface area contributed by atoms with Gasteiger partial charge in [-0.1, -0.05) is 12.1 Å². The molecular formula is C22H23FN2O4. The highest BCUT2D eigenvalue weighted by atomic mass is 19.1. The number of aliphatic hydroxyl groups is 1. The third-order valence-corrected chi connectivity index (χ3v) is 5.37. The molecule has 2 aromatic carbocycles. The second-order valence-corrected chi connectivity index (χ2v) is 7.60. The maximum Gasteiger partial charge on any atom is 0.255 e. The second kappa shape index (κ2) is 8.31. The fraction of sp³-hybridized carbons (Fsp3) is 0.364.